The third-order valence-corrected chi connectivity index (χ3v) is 4.49. The van der Waals surface area contributed by atoms with Gasteiger partial charge in [0.2, 0.25) is 5.95 Å². The number of nitrogens with one attached hydrogen (secondary N) is 2. The molecule has 5 nitrogen and oxygen atoms in total. The van der Waals surface area contributed by atoms with Crippen molar-refractivity contribution < 1.29 is 9.18 Å². The van der Waals surface area contributed by atoms with Gasteiger partial charge in [-0.3, -0.25) is 4.79 Å². The van der Waals surface area contributed by atoms with E-state index in [2.05, 4.69) is 20.6 Å². The van der Waals surface area contributed by atoms with Gasteiger partial charge in [-0.15, -0.1) is 0 Å². The molecule has 0 fully saturated rings. The Balaban J connectivity index is 1.67. The lowest BCUT2D eigenvalue weighted by Crippen LogP contribution is -2.27. The van der Waals surface area contributed by atoms with Gasteiger partial charge in [-0.05, 0) is 68.1 Å². The molecule has 0 saturated carbocycles. The second-order valence-corrected chi connectivity index (χ2v) is 6.74. The van der Waals surface area contributed by atoms with Crippen molar-refractivity contribution in [1.82, 2.24) is 15.3 Å². The van der Waals surface area contributed by atoms with Gasteiger partial charge in [0.25, 0.3) is 5.91 Å². The molecule has 3 aromatic rings. The summed E-state index contributed by atoms with van der Waals surface area (Å²) in [7, 11) is 0. The topological polar surface area (TPSA) is 66.9 Å². The third-order valence-electron chi connectivity index (χ3n) is 4.49. The van der Waals surface area contributed by atoms with Crippen LogP contribution in [0.2, 0.25) is 0 Å². The normalized spacial score (nSPS) is 10.6. The maximum Gasteiger partial charge on any atom is 0.270 e. The zero-order valence-electron chi connectivity index (χ0n) is 16.2. The van der Waals surface area contributed by atoms with Crippen LogP contribution in [-0.2, 0) is 6.42 Å². The summed E-state index contributed by atoms with van der Waals surface area (Å²) in [5.41, 5.74) is 4.74. The van der Waals surface area contributed by atoms with Crippen LogP contribution in [-0.4, -0.2) is 22.4 Å². The van der Waals surface area contributed by atoms with E-state index in [0.717, 1.165) is 11.3 Å². The molecule has 0 aliphatic heterocycles. The fourth-order valence-electron chi connectivity index (χ4n) is 2.79. The fraction of sp³-hybridized carbons (Fsp3) is 0.227. The van der Waals surface area contributed by atoms with E-state index in [9.17, 15) is 9.18 Å². The Morgan fingerprint density at radius 3 is 2.54 bits per heavy atom. The number of aromatic nitrogens is 2. The van der Waals surface area contributed by atoms with E-state index in [4.69, 9.17) is 0 Å². The largest absolute Gasteiger partial charge is 0.350 e. The first kappa shape index (κ1) is 19.5. The van der Waals surface area contributed by atoms with Crippen LogP contribution in [0.1, 0.15) is 32.9 Å². The highest BCUT2D eigenvalue weighted by Gasteiger charge is 2.11. The average Bonchev–Trinajstić information content (AvgIpc) is 2.66. The van der Waals surface area contributed by atoms with Crippen LogP contribution in [0.15, 0.2) is 48.5 Å². The average molecular weight is 378 g/mol. The number of nitrogens with zero attached hydrogens (tertiary/aromatic N) is 2. The molecule has 0 aliphatic rings. The van der Waals surface area contributed by atoms with E-state index in [-0.39, 0.29) is 17.4 Å². The van der Waals surface area contributed by atoms with Crippen molar-refractivity contribution in [2.24, 2.45) is 0 Å². The van der Waals surface area contributed by atoms with Crippen molar-refractivity contribution in [3.05, 3.63) is 82.4 Å². The Bertz CT molecular complexity index is 1000. The van der Waals surface area contributed by atoms with Crippen molar-refractivity contribution in [2.45, 2.75) is 27.2 Å². The molecule has 2 N–H and O–H groups in total. The van der Waals surface area contributed by atoms with Gasteiger partial charge >= 0.3 is 0 Å². The molecule has 0 radical (unpaired) electrons. The summed E-state index contributed by atoms with van der Waals surface area (Å²) < 4.78 is 13.7. The summed E-state index contributed by atoms with van der Waals surface area (Å²) in [6.07, 6.45) is 0.413. The summed E-state index contributed by atoms with van der Waals surface area (Å²) in [4.78, 5) is 21.1. The molecule has 1 heterocycles. The number of benzene rings is 2. The number of anilines is 2. The Labute approximate surface area is 164 Å². The number of hydrogen-bond donors (Lipinski definition) is 2. The maximum absolute atomic E-state index is 13.7. The maximum atomic E-state index is 13.7. The molecule has 0 atom stereocenters. The van der Waals surface area contributed by atoms with E-state index < -0.39 is 0 Å². The van der Waals surface area contributed by atoms with E-state index in [1.54, 1.807) is 24.3 Å². The molecule has 0 spiro atoms. The Morgan fingerprint density at radius 2 is 1.79 bits per heavy atom. The predicted molar refractivity (Wildman–Crippen MR) is 108 cm³/mol. The summed E-state index contributed by atoms with van der Waals surface area (Å²) in [5, 5.41) is 5.93. The zero-order valence-corrected chi connectivity index (χ0v) is 16.2. The first-order valence-electron chi connectivity index (χ1n) is 9.14. The van der Waals surface area contributed by atoms with Gasteiger partial charge in [-0.25, -0.2) is 14.4 Å². The molecule has 28 heavy (non-hydrogen) atoms. The van der Waals surface area contributed by atoms with Gasteiger partial charge in [0.15, 0.2) is 0 Å². The highest BCUT2D eigenvalue weighted by atomic mass is 19.1. The van der Waals surface area contributed by atoms with Crippen LogP contribution in [0, 0.1) is 26.6 Å². The monoisotopic (exact) mass is 378 g/mol. The number of carbonyl (C=O) groups is 1. The molecule has 2 aromatic carbocycles. The van der Waals surface area contributed by atoms with Crippen molar-refractivity contribution in [1.29, 1.82) is 0 Å². The minimum Gasteiger partial charge on any atom is -0.350 e. The molecule has 0 bridgehead atoms. The van der Waals surface area contributed by atoms with Gasteiger partial charge in [0.05, 0.1) is 0 Å². The van der Waals surface area contributed by atoms with Crippen LogP contribution in [0.4, 0.5) is 16.0 Å². The second kappa shape index (κ2) is 8.61. The van der Waals surface area contributed by atoms with E-state index >= 15 is 0 Å². The Hall–Kier alpha value is -3.28. The van der Waals surface area contributed by atoms with Crippen molar-refractivity contribution in [2.75, 3.05) is 11.9 Å². The fourth-order valence-corrected chi connectivity index (χ4v) is 2.79. The lowest BCUT2D eigenvalue weighted by atomic mass is 10.1. The number of halogens is 1. The molecule has 0 aliphatic carbocycles. The Kier molecular flexibility index (Phi) is 5.99. The van der Waals surface area contributed by atoms with Crippen molar-refractivity contribution in [3.63, 3.8) is 0 Å². The predicted octanol–water partition coefficient (Wildman–Crippen LogP) is 4.26. The number of rotatable bonds is 6. The van der Waals surface area contributed by atoms with Gasteiger partial charge < -0.3 is 10.6 Å². The van der Waals surface area contributed by atoms with Crippen LogP contribution in [0.3, 0.4) is 0 Å². The molecule has 3 rings (SSSR count). The quantitative estimate of drug-likeness (QED) is 0.673. The lowest BCUT2D eigenvalue weighted by molar-refractivity contribution is 0.0949. The molecule has 1 amide bonds. The van der Waals surface area contributed by atoms with E-state index in [0.29, 0.717) is 30.2 Å². The van der Waals surface area contributed by atoms with Gasteiger partial charge in [0.1, 0.15) is 11.5 Å². The van der Waals surface area contributed by atoms with Crippen LogP contribution in [0.25, 0.3) is 0 Å². The molecular weight excluding hydrogens is 355 g/mol. The molecule has 1 aromatic heterocycles. The molecular formula is C22H23FN4O. The third kappa shape index (κ3) is 4.91. The highest BCUT2D eigenvalue weighted by Crippen LogP contribution is 2.18. The Morgan fingerprint density at radius 1 is 1.00 bits per heavy atom. The first-order chi connectivity index (χ1) is 13.4. The number of amides is 1. The summed E-state index contributed by atoms with van der Waals surface area (Å²) in [5.74, 6) is -0.220. The molecule has 144 valence electrons. The summed E-state index contributed by atoms with van der Waals surface area (Å²) in [6.45, 7) is 6.21. The second-order valence-electron chi connectivity index (χ2n) is 6.74. The van der Waals surface area contributed by atoms with E-state index in [1.807, 2.05) is 39.0 Å². The summed E-state index contributed by atoms with van der Waals surface area (Å²) in [6, 6.07) is 14.1. The van der Waals surface area contributed by atoms with Crippen LogP contribution < -0.4 is 10.6 Å². The number of aryl methyl sites for hydroxylation is 3. The lowest BCUT2D eigenvalue weighted by Gasteiger charge is -2.10. The minimum absolute atomic E-state index is 0.269. The van der Waals surface area contributed by atoms with E-state index in [1.165, 1.54) is 11.6 Å². The van der Waals surface area contributed by atoms with Crippen LogP contribution in [0.5, 0.6) is 0 Å². The van der Waals surface area contributed by atoms with Gasteiger partial charge in [-0.2, -0.15) is 0 Å². The molecule has 0 unspecified atom stereocenters. The number of carbonyl (C=O) groups excluding carboxylic acids is 1. The van der Waals surface area contributed by atoms with Gasteiger partial charge in [0, 0.05) is 17.9 Å². The minimum atomic E-state index is -0.315. The summed E-state index contributed by atoms with van der Waals surface area (Å²) >= 11 is 0. The highest BCUT2D eigenvalue weighted by molar-refractivity contribution is 5.92. The zero-order chi connectivity index (χ0) is 20.1. The van der Waals surface area contributed by atoms with Crippen molar-refractivity contribution >= 4 is 17.5 Å². The van der Waals surface area contributed by atoms with Gasteiger partial charge in [-0.1, -0.05) is 24.3 Å². The number of hydrogen-bond acceptors (Lipinski definition) is 4. The van der Waals surface area contributed by atoms with Crippen molar-refractivity contribution in [3.8, 4) is 0 Å². The molecule has 0 saturated heterocycles. The smallest absolute Gasteiger partial charge is 0.270 e. The van der Waals surface area contributed by atoms with Crippen LogP contribution >= 0.6 is 0 Å². The molecule has 6 heteroatoms. The first-order valence-corrected chi connectivity index (χ1v) is 9.14. The SMILES string of the molecule is Cc1cc(C(=O)NCCc2ccccc2F)nc(Nc2ccc(C)c(C)c2)n1. The standard InChI is InChI=1S/C22H23FN4O/c1-14-8-9-18(12-15(14)2)26-22-25-16(3)13-20(27-22)21(28)24-11-10-17-6-4-5-7-19(17)23/h4-9,12-13H,10-11H2,1-3H3,(H,24,28)(H,25,26,27).